The molecule has 1 aromatic rings. The summed E-state index contributed by atoms with van der Waals surface area (Å²) in [7, 11) is 0. The number of thiophene rings is 1. The molecule has 3 atom stereocenters. The van der Waals surface area contributed by atoms with Gasteiger partial charge in [-0.3, -0.25) is 0 Å². The predicted octanol–water partition coefficient (Wildman–Crippen LogP) is 4.62. The summed E-state index contributed by atoms with van der Waals surface area (Å²) in [5.74, 6) is 1.85. The molecule has 1 saturated carbocycles. The highest BCUT2D eigenvalue weighted by atomic mass is 32.1. The lowest BCUT2D eigenvalue weighted by atomic mass is 9.82. The average molecular weight is 251 g/mol. The Morgan fingerprint density at radius 3 is 3.00 bits per heavy atom. The minimum atomic E-state index is 0.576. The van der Waals surface area contributed by atoms with Crippen molar-refractivity contribution >= 4 is 11.3 Å². The maximum absolute atomic E-state index is 3.77. The molecule has 1 N–H and O–H groups in total. The van der Waals surface area contributed by atoms with Crippen LogP contribution in [-0.2, 0) is 0 Å². The minimum Gasteiger partial charge on any atom is -0.309 e. The maximum atomic E-state index is 3.77. The normalized spacial score (nSPS) is 26.9. The number of nitrogens with one attached hydrogen (secondary N) is 1. The van der Waals surface area contributed by atoms with Crippen LogP contribution in [0.1, 0.15) is 56.9 Å². The van der Waals surface area contributed by atoms with Gasteiger partial charge >= 0.3 is 0 Å². The van der Waals surface area contributed by atoms with Crippen molar-refractivity contribution in [3.63, 3.8) is 0 Å². The van der Waals surface area contributed by atoms with Crippen molar-refractivity contribution in [3.05, 3.63) is 22.4 Å². The summed E-state index contributed by atoms with van der Waals surface area (Å²) in [4.78, 5) is 1.50. The molecule has 1 heterocycles. The van der Waals surface area contributed by atoms with E-state index < -0.39 is 0 Å². The quantitative estimate of drug-likeness (QED) is 0.805. The Morgan fingerprint density at radius 1 is 1.47 bits per heavy atom. The van der Waals surface area contributed by atoms with Crippen molar-refractivity contribution in [1.82, 2.24) is 5.32 Å². The highest BCUT2D eigenvalue weighted by Gasteiger charge is 2.20. The Labute approximate surface area is 110 Å². The standard InChI is InChI=1S/C15H25NS/c1-3-14(15-8-5-9-17-15)16-11-13-7-4-6-12(2)10-13/h5,8-9,12-14,16H,3-4,6-7,10-11H2,1-2H3. The van der Waals surface area contributed by atoms with Crippen molar-refractivity contribution in [2.75, 3.05) is 6.54 Å². The van der Waals surface area contributed by atoms with Gasteiger partial charge in [0, 0.05) is 10.9 Å². The first-order chi connectivity index (χ1) is 8.29. The van der Waals surface area contributed by atoms with Gasteiger partial charge in [-0.15, -0.1) is 11.3 Å². The van der Waals surface area contributed by atoms with Crippen molar-refractivity contribution in [1.29, 1.82) is 0 Å². The van der Waals surface area contributed by atoms with Crippen molar-refractivity contribution < 1.29 is 0 Å². The van der Waals surface area contributed by atoms with Crippen LogP contribution in [-0.4, -0.2) is 6.54 Å². The van der Waals surface area contributed by atoms with E-state index in [9.17, 15) is 0 Å². The van der Waals surface area contributed by atoms with Gasteiger partial charge in [0.25, 0.3) is 0 Å². The van der Waals surface area contributed by atoms with Crippen LogP contribution in [0.25, 0.3) is 0 Å². The lowest BCUT2D eigenvalue weighted by Crippen LogP contribution is -2.29. The van der Waals surface area contributed by atoms with Crippen LogP contribution < -0.4 is 5.32 Å². The average Bonchev–Trinajstić information content (AvgIpc) is 2.84. The molecular formula is C15H25NS. The Kier molecular flexibility index (Phi) is 5.05. The summed E-state index contributed by atoms with van der Waals surface area (Å²) in [5, 5.41) is 5.96. The van der Waals surface area contributed by atoms with Crippen LogP contribution in [0.2, 0.25) is 0 Å². The molecule has 2 heteroatoms. The van der Waals surface area contributed by atoms with Crippen LogP contribution >= 0.6 is 11.3 Å². The summed E-state index contributed by atoms with van der Waals surface area (Å²) in [6.07, 6.45) is 6.93. The molecule has 0 saturated heterocycles. The highest BCUT2D eigenvalue weighted by molar-refractivity contribution is 7.10. The van der Waals surface area contributed by atoms with Gasteiger partial charge in [0.05, 0.1) is 0 Å². The summed E-state index contributed by atoms with van der Waals surface area (Å²) in [5.41, 5.74) is 0. The molecule has 0 bridgehead atoms. The summed E-state index contributed by atoms with van der Waals surface area (Å²) >= 11 is 1.88. The third kappa shape index (κ3) is 3.82. The van der Waals surface area contributed by atoms with Gasteiger partial charge in [-0.05, 0) is 49.1 Å². The first-order valence-corrected chi connectivity index (χ1v) is 7.94. The Bertz CT molecular complexity index is 307. The van der Waals surface area contributed by atoms with Gasteiger partial charge in [0.2, 0.25) is 0 Å². The fraction of sp³-hybridized carbons (Fsp3) is 0.733. The zero-order chi connectivity index (χ0) is 12.1. The minimum absolute atomic E-state index is 0.576. The zero-order valence-corrected chi connectivity index (χ0v) is 11.9. The topological polar surface area (TPSA) is 12.0 Å². The smallest absolute Gasteiger partial charge is 0.0412 e. The fourth-order valence-electron chi connectivity index (χ4n) is 2.99. The largest absolute Gasteiger partial charge is 0.309 e. The van der Waals surface area contributed by atoms with Crippen LogP contribution in [0.3, 0.4) is 0 Å². The molecule has 2 rings (SSSR count). The van der Waals surface area contributed by atoms with Crippen LogP contribution in [0.15, 0.2) is 17.5 Å². The van der Waals surface area contributed by atoms with Crippen molar-refractivity contribution in [2.45, 2.75) is 52.0 Å². The molecule has 1 aliphatic rings. The molecular weight excluding hydrogens is 226 g/mol. The molecule has 1 fully saturated rings. The lowest BCUT2D eigenvalue weighted by molar-refractivity contribution is 0.266. The monoisotopic (exact) mass is 251 g/mol. The van der Waals surface area contributed by atoms with E-state index in [0.29, 0.717) is 6.04 Å². The Balaban J connectivity index is 1.80. The van der Waals surface area contributed by atoms with Crippen LogP contribution in [0, 0.1) is 11.8 Å². The molecule has 3 unspecified atom stereocenters. The molecule has 0 amide bonds. The SMILES string of the molecule is CCC(NCC1CCCC(C)C1)c1cccs1. The maximum Gasteiger partial charge on any atom is 0.0412 e. The van der Waals surface area contributed by atoms with E-state index >= 15 is 0 Å². The Morgan fingerprint density at radius 2 is 2.35 bits per heavy atom. The second kappa shape index (κ2) is 6.55. The van der Waals surface area contributed by atoms with Gasteiger partial charge in [-0.2, -0.15) is 0 Å². The van der Waals surface area contributed by atoms with Crippen molar-refractivity contribution in [2.24, 2.45) is 11.8 Å². The predicted molar refractivity (Wildman–Crippen MR) is 76.5 cm³/mol. The van der Waals surface area contributed by atoms with Crippen LogP contribution in [0.4, 0.5) is 0 Å². The molecule has 1 nitrogen and oxygen atoms in total. The first-order valence-electron chi connectivity index (χ1n) is 7.06. The summed E-state index contributed by atoms with van der Waals surface area (Å²) in [6, 6.07) is 5.00. The molecule has 17 heavy (non-hydrogen) atoms. The zero-order valence-electron chi connectivity index (χ0n) is 11.1. The van der Waals surface area contributed by atoms with Gasteiger partial charge in [0.15, 0.2) is 0 Å². The van der Waals surface area contributed by atoms with E-state index in [4.69, 9.17) is 0 Å². The molecule has 0 aromatic carbocycles. The lowest BCUT2D eigenvalue weighted by Gasteiger charge is -2.28. The summed E-state index contributed by atoms with van der Waals surface area (Å²) < 4.78 is 0. The molecule has 1 aliphatic carbocycles. The molecule has 0 spiro atoms. The molecule has 0 aliphatic heterocycles. The number of rotatable bonds is 5. The van der Waals surface area contributed by atoms with E-state index in [-0.39, 0.29) is 0 Å². The van der Waals surface area contributed by atoms with Gasteiger partial charge in [0.1, 0.15) is 0 Å². The van der Waals surface area contributed by atoms with E-state index in [0.717, 1.165) is 11.8 Å². The fourth-order valence-corrected chi connectivity index (χ4v) is 3.88. The van der Waals surface area contributed by atoms with E-state index in [1.807, 2.05) is 11.3 Å². The van der Waals surface area contributed by atoms with E-state index in [2.05, 4.69) is 36.7 Å². The van der Waals surface area contributed by atoms with Gasteiger partial charge in [-0.25, -0.2) is 0 Å². The third-order valence-corrected chi connectivity index (χ3v) is 4.98. The third-order valence-electron chi connectivity index (χ3n) is 3.99. The number of hydrogen-bond acceptors (Lipinski definition) is 2. The Hall–Kier alpha value is -0.340. The first kappa shape index (κ1) is 13.1. The van der Waals surface area contributed by atoms with Crippen molar-refractivity contribution in [3.8, 4) is 0 Å². The second-order valence-corrected chi connectivity index (χ2v) is 6.50. The highest BCUT2D eigenvalue weighted by Crippen LogP contribution is 2.29. The van der Waals surface area contributed by atoms with E-state index in [1.165, 1.54) is 43.5 Å². The van der Waals surface area contributed by atoms with Gasteiger partial charge < -0.3 is 5.32 Å². The molecule has 1 aromatic heterocycles. The summed E-state index contributed by atoms with van der Waals surface area (Å²) in [6.45, 7) is 5.89. The molecule has 0 radical (unpaired) electrons. The number of hydrogen-bond donors (Lipinski definition) is 1. The van der Waals surface area contributed by atoms with Gasteiger partial charge in [-0.1, -0.05) is 32.8 Å². The molecule has 96 valence electrons. The van der Waals surface area contributed by atoms with Crippen LogP contribution in [0.5, 0.6) is 0 Å². The second-order valence-electron chi connectivity index (χ2n) is 5.52. The van der Waals surface area contributed by atoms with E-state index in [1.54, 1.807) is 0 Å².